The van der Waals surface area contributed by atoms with Crippen LogP contribution < -0.4 is 21.9 Å². The van der Waals surface area contributed by atoms with Crippen LogP contribution >= 0.6 is 0 Å². The number of carbonyl (C=O) groups is 2. The lowest BCUT2D eigenvalue weighted by Crippen LogP contribution is -2.35. The zero-order valence-electron chi connectivity index (χ0n) is 30.7. The molecule has 2 atom stereocenters. The molecule has 1 aromatic carbocycles. The van der Waals surface area contributed by atoms with E-state index < -0.39 is 46.9 Å². The van der Waals surface area contributed by atoms with E-state index in [1.165, 1.54) is 31.7 Å². The fourth-order valence-electron chi connectivity index (χ4n) is 6.74. The first kappa shape index (κ1) is 37.7. The van der Waals surface area contributed by atoms with Crippen LogP contribution in [0.1, 0.15) is 86.0 Å². The summed E-state index contributed by atoms with van der Waals surface area (Å²) >= 11 is 0. The van der Waals surface area contributed by atoms with Gasteiger partial charge in [0.25, 0.3) is 6.08 Å². The van der Waals surface area contributed by atoms with Crippen molar-refractivity contribution >= 4 is 23.1 Å². The van der Waals surface area contributed by atoms with Gasteiger partial charge in [0.1, 0.15) is 36.6 Å². The van der Waals surface area contributed by atoms with Crippen molar-refractivity contribution in [3.63, 3.8) is 0 Å². The van der Waals surface area contributed by atoms with E-state index in [1.54, 1.807) is 6.07 Å². The molecule has 284 valence electrons. The van der Waals surface area contributed by atoms with Crippen molar-refractivity contribution in [1.82, 2.24) is 19.1 Å². The van der Waals surface area contributed by atoms with Crippen LogP contribution in [0.25, 0.3) is 11.2 Å². The van der Waals surface area contributed by atoms with Gasteiger partial charge in [-0.15, -0.1) is 6.42 Å². The maximum atomic E-state index is 15.9. The summed E-state index contributed by atoms with van der Waals surface area (Å²) in [4.78, 5) is 61.6. The Morgan fingerprint density at radius 1 is 1.09 bits per heavy atom. The zero-order chi connectivity index (χ0) is 39.1. The number of benzene rings is 1. The molecule has 1 fully saturated rings. The summed E-state index contributed by atoms with van der Waals surface area (Å²) in [6.07, 6.45) is 6.09. The van der Waals surface area contributed by atoms with E-state index in [0.29, 0.717) is 17.7 Å². The molecule has 5 aromatic rings. The Labute approximate surface area is 306 Å². The summed E-state index contributed by atoms with van der Waals surface area (Å²) in [7, 11) is 0. The highest BCUT2D eigenvalue weighted by Gasteiger charge is 2.42. The van der Waals surface area contributed by atoms with Gasteiger partial charge in [-0.1, -0.05) is 25.8 Å². The molecule has 0 amide bonds. The Morgan fingerprint density at radius 3 is 2.41 bits per heavy atom. The average molecular weight is 748 g/mol. The van der Waals surface area contributed by atoms with Gasteiger partial charge in [0.05, 0.1) is 19.3 Å². The Bertz CT molecular complexity index is 2510. The monoisotopic (exact) mass is 747 g/mol. The predicted octanol–water partition coefficient (Wildman–Crippen LogP) is 4.36. The fourth-order valence-corrected chi connectivity index (χ4v) is 6.74. The lowest BCUT2D eigenvalue weighted by Gasteiger charge is -2.29. The van der Waals surface area contributed by atoms with Crippen LogP contribution in [-0.2, 0) is 37.6 Å². The number of aryl methyl sites for hydroxylation is 4. The first-order valence-electron chi connectivity index (χ1n) is 16.9. The first-order valence-corrected chi connectivity index (χ1v) is 16.9. The zero-order valence-corrected chi connectivity index (χ0v) is 30.7. The number of hydrogen-bond donors (Lipinski definition) is 0. The van der Waals surface area contributed by atoms with Gasteiger partial charge in [-0.2, -0.15) is 9.37 Å². The summed E-state index contributed by atoms with van der Waals surface area (Å²) in [5.74, 6) is 0.561. The van der Waals surface area contributed by atoms with Crippen molar-refractivity contribution in [2.75, 3.05) is 6.61 Å². The van der Waals surface area contributed by atoms with Crippen LogP contribution in [0.5, 0.6) is 5.75 Å². The lowest BCUT2D eigenvalue weighted by atomic mass is 9.78. The van der Waals surface area contributed by atoms with Gasteiger partial charge in [0, 0.05) is 17.9 Å². The maximum absolute atomic E-state index is 15.9. The number of rotatable bonds is 11. The van der Waals surface area contributed by atoms with E-state index >= 15 is 4.39 Å². The Morgan fingerprint density at radius 2 is 1.78 bits per heavy atom. The molecule has 1 aliphatic rings. The second kappa shape index (κ2) is 14.4. The minimum Gasteiger partial charge on any atom is -0.461 e. The van der Waals surface area contributed by atoms with E-state index in [1.807, 2.05) is 33.8 Å². The first-order chi connectivity index (χ1) is 25.5. The minimum absolute atomic E-state index is 0.0267. The van der Waals surface area contributed by atoms with Crippen LogP contribution in [0, 0.1) is 46.1 Å². The fraction of sp³-hybridized carbons (Fsp3) is 0.432. The summed E-state index contributed by atoms with van der Waals surface area (Å²) < 4.78 is 56.0. The van der Waals surface area contributed by atoms with E-state index in [9.17, 15) is 19.2 Å². The molecule has 16 nitrogen and oxygen atoms in total. The molecule has 0 bridgehead atoms. The number of fused-ring (bicyclic) bond motifs is 1. The number of hydrogen-bond acceptors (Lipinski definition) is 14. The molecule has 1 aliphatic heterocycles. The minimum atomic E-state index is -1.32. The van der Waals surface area contributed by atoms with Gasteiger partial charge in [-0.05, 0) is 57.7 Å². The summed E-state index contributed by atoms with van der Waals surface area (Å²) in [6, 6.07) is 3.71. The molecule has 0 radical (unpaired) electrons. The Balaban J connectivity index is 1.25. The van der Waals surface area contributed by atoms with Crippen LogP contribution in [0.4, 0.5) is 4.39 Å². The molecule has 0 unspecified atom stereocenters. The molecule has 1 saturated heterocycles. The molecule has 17 heteroatoms. The van der Waals surface area contributed by atoms with Crippen LogP contribution in [0.3, 0.4) is 0 Å². The summed E-state index contributed by atoms with van der Waals surface area (Å²) in [5.41, 5.74) is 0.523. The molecule has 0 aliphatic carbocycles. The third kappa shape index (κ3) is 7.55. The second-order valence-electron chi connectivity index (χ2n) is 13.8. The maximum Gasteiger partial charge on any atom is 0.519 e. The molecule has 5 heterocycles. The normalized spacial score (nSPS) is 17.6. The topological polar surface area (TPSA) is 197 Å². The van der Waals surface area contributed by atoms with Crippen molar-refractivity contribution in [2.24, 2.45) is 4.99 Å². The number of esters is 2. The third-order valence-corrected chi connectivity index (χ3v) is 9.16. The number of imidazole rings is 1. The number of terminal acetylenes is 1. The van der Waals surface area contributed by atoms with E-state index in [-0.39, 0.29) is 72.2 Å². The number of halogens is 1. The summed E-state index contributed by atoms with van der Waals surface area (Å²) in [6.45, 7) is 11.0. The largest absolute Gasteiger partial charge is 0.519 e. The molecule has 0 saturated carbocycles. The van der Waals surface area contributed by atoms with Crippen LogP contribution in [-0.4, -0.2) is 43.2 Å². The lowest BCUT2D eigenvalue weighted by molar-refractivity contribution is -0.153. The van der Waals surface area contributed by atoms with E-state index in [4.69, 9.17) is 38.3 Å². The molecule has 6 rings (SSSR count). The highest BCUT2D eigenvalue weighted by atomic mass is 19.1. The van der Waals surface area contributed by atoms with Crippen molar-refractivity contribution in [3.05, 3.63) is 91.0 Å². The summed E-state index contributed by atoms with van der Waals surface area (Å²) in [5, 5.41) is 0. The van der Waals surface area contributed by atoms with E-state index in [2.05, 4.69) is 20.9 Å². The van der Waals surface area contributed by atoms with Crippen molar-refractivity contribution in [3.8, 4) is 18.1 Å². The van der Waals surface area contributed by atoms with Gasteiger partial charge < -0.3 is 31.9 Å². The SMILES string of the molecule is C#C[C@@]1(COC(=O)CC(C)(C)c2c(C)cc(C)cc2OC(C)=O)CC[C@H](n2cnc3c(=NCc4oc(=O)oc4C)n(Cc4oc(=O)oc4C)c(F)nc32)O1. The third-order valence-electron chi connectivity index (χ3n) is 9.16. The highest BCUT2D eigenvalue weighted by Crippen LogP contribution is 2.40. The molecule has 0 N–H and O–H groups in total. The van der Waals surface area contributed by atoms with Crippen LogP contribution in [0.2, 0.25) is 0 Å². The number of ether oxygens (including phenoxy) is 3. The van der Waals surface area contributed by atoms with Gasteiger partial charge in [-0.25, -0.2) is 14.6 Å². The number of aromatic nitrogens is 4. The van der Waals surface area contributed by atoms with Gasteiger partial charge >= 0.3 is 23.6 Å². The number of carbonyl (C=O) groups excluding carboxylic acids is 2. The molecule has 0 spiro atoms. The predicted molar refractivity (Wildman–Crippen MR) is 185 cm³/mol. The van der Waals surface area contributed by atoms with Gasteiger partial charge in [0.15, 0.2) is 33.8 Å². The van der Waals surface area contributed by atoms with Gasteiger partial charge in [0.2, 0.25) is 0 Å². The number of nitrogens with zero attached hydrogens (tertiary/aromatic N) is 5. The highest BCUT2D eigenvalue weighted by molar-refractivity contribution is 5.74. The Kier molecular flexibility index (Phi) is 10.1. The molecule has 54 heavy (non-hydrogen) atoms. The molecule has 4 aromatic heterocycles. The van der Waals surface area contributed by atoms with Gasteiger partial charge in [-0.3, -0.25) is 23.7 Å². The van der Waals surface area contributed by atoms with E-state index in [0.717, 1.165) is 15.7 Å². The quantitative estimate of drug-likeness (QED) is 0.0801. The van der Waals surface area contributed by atoms with Crippen molar-refractivity contribution in [1.29, 1.82) is 0 Å². The smallest absolute Gasteiger partial charge is 0.461 e. The van der Waals surface area contributed by atoms with Crippen molar-refractivity contribution < 1.29 is 45.9 Å². The molecular weight excluding hydrogens is 709 g/mol. The Hall–Kier alpha value is -6.02. The average Bonchev–Trinajstić information content (AvgIpc) is 3.84. The van der Waals surface area contributed by atoms with Crippen LogP contribution in [0.15, 0.2) is 50.7 Å². The molecular formula is C37H38FN5O11. The second-order valence-corrected chi connectivity index (χ2v) is 13.8. The van der Waals surface area contributed by atoms with Crippen molar-refractivity contribution in [2.45, 2.75) is 98.1 Å². The standard InChI is InChI=1S/C37H38FN5O11/c1-9-37(17-48-28(45)14-36(7,8)29-20(3)12-19(2)13-24(29)51-23(6)44)11-10-27(54-37)43-18-40-30-31(39-15-25-21(4)49-34(46)52-25)42(33(38)41-32(30)43)16-26-22(5)50-35(47)53-26/h1,12-13,18,27H,10-11,14-17H2,2-8H3/t27-,37+/m1/s1.